The lowest BCUT2D eigenvalue weighted by Crippen LogP contribution is -1.99. The van der Waals surface area contributed by atoms with Crippen molar-refractivity contribution in [3.8, 4) is 0 Å². The number of hydrogen-bond donors (Lipinski definition) is 1. The smallest absolute Gasteiger partial charge is 0.0431 e. The van der Waals surface area contributed by atoms with Crippen LogP contribution >= 0.6 is 0 Å². The average molecular weight is 186 g/mol. The molecular formula is C12H26O. The Balaban J connectivity index is 3.28. The van der Waals surface area contributed by atoms with E-state index in [1.807, 2.05) is 0 Å². The van der Waals surface area contributed by atoms with E-state index in [0.29, 0.717) is 6.61 Å². The summed E-state index contributed by atoms with van der Waals surface area (Å²) in [7, 11) is 0. The summed E-state index contributed by atoms with van der Waals surface area (Å²) in [6.45, 7) is 4.91. The molecular weight excluding hydrogens is 160 g/mol. The molecule has 0 rings (SSSR count). The van der Waals surface area contributed by atoms with Crippen molar-refractivity contribution in [2.24, 2.45) is 5.92 Å². The van der Waals surface area contributed by atoms with Gasteiger partial charge in [-0.1, -0.05) is 58.8 Å². The predicted molar refractivity (Wildman–Crippen MR) is 58.9 cm³/mol. The summed E-state index contributed by atoms with van der Waals surface area (Å²) in [6.07, 6.45) is 10.3. The summed E-state index contributed by atoms with van der Waals surface area (Å²) in [5.74, 6) is 0.915. The van der Waals surface area contributed by atoms with E-state index in [9.17, 15) is 0 Å². The maximum atomic E-state index is 8.67. The summed E-state index contributed by atoms with van der Waals surface area (Å²) in [5.41, 5.74) is 0. The van der Waals surface area contributed by atoms with Gasteiger partial charge < -0.3 is 5.11 Å². The van der Waals surface area contributed by atoms with Crippen molar-refractivity contribution in [1.29, 1.82) is 0 Å². The second-order valence-electron chi connectivity index (χ2n) is 3.99. The zero-order valence-electron chi connectivity index (χ0n) is 9.39. The molecule has 0 bridgehead atoms. The fourth-order valence-corrected chi connectivity index (χ4v) is 1.78. The highest BCUT2D eigenvalue weighted by Gasteiger charge is 2.04. The summed E-state index contributed by atoms with van der Waals surface area (Å²) in [5, 5.41) is 8.67. The van der Waals surface area contributed by atoms with Crippen molar-refractivity contribution < 1.29 is 5.11 Å². The summed E-state index contributed by atoms with van der Waals surface area (Å²) in [4.78, 5) is 0. The van der Waals surface area contributed by atoms with Crippen LogP contribution in [0, 0.1) is 5.92 Å². The summed E-state index contributed by atoms with van der Waals surface area (Å²) in [6, 6.07) is 0. The topological polar surface area (TPSA) is 20.2 Å². The third-order valence-electron chi connectivity index (χ3n) is 2.81. The van der Waals surface area contributed by atoms with Crippen LogP contribution in [0.1, 0.15) is 65.2 Å². The van der Waals surface area contributed by atoms with E-state index >= 15 is 0 Å². The van der Waals surface area contributed by atoms with Crippen molar-refractivity contribution in [2.45, 2.75) is 65.2 Å². The van der Waals surface area contributed by atoms with Crippen LogP contribution in [-0.4, -0.2) is 11.7 Å². The van der Waals surface area contributed by atoms with Gasteiger partial charge in [0.2, 0.25) is 0 Å². The highest BCUT2D eigenvalue weighted by atomic mass is 16.2. The standard InChI is InChI=1S/C12H26O/c1-3-5-6-9-12(4-2)10-7-8-11-13/h12-13H,3-11H2,1-2H3. The van der Waals surface area contributed by atoms with Gasteiger partial charge in [-0.2, -0.15) is 0 Å². The highest BCUT2D eigenvalue weighted by molar-refractivity contribution is 4.57. The van der Waals surface area contributed by atoms with Crippen LogP contribution in [0.25, 0.3) is 0 Å². The molecule has 0 heterocycles. The maximum absolute atomic E-state index is 8.67. The lowest BCUT2D eigenvalue weighted by molar-refractivity contribution is 0.275. The molecule has 0 aromatic heterocycles. The van der Waals surface area contributed by atoms with Gasteiger partial charge in [0, 0.05) is 6.61 Å². The van der Waals surface area contributed by atoms with Crippen LogP contribution in [0.15, 0.2) is 0 Å². The first-order valence-electron chi connectivity index (χ1n) is 5.96. The molecule has 0 aliphatic rings. The van der Waals surface area contributed by atoms with E-state index in [0.717, 1.165) is 12.3 Å². The Kier molecular flexibility index (Phi) is 10.0. The second kappa shape index (κ2) is 10.0. The summed E-state index contributed by atoms with van der Waals surface area (Å²) < 4.78 is 0. The third kappa shape index (κ3) is 8.29. The number of aliphatic hydroxyl groups excluding tert-OH is 1. The number of rotatable bonds is 9. The average Bonchev–Trinajstić information content (AvgIpc) is 2.16. The molecule has 13 heavy (non-hydrogen) atoms. The molecule has 0 fully saturated rings. The minimum atomic E-state index is 0.366. The Morgan fingerprint density at radius 2 is 1.54 bits per heavy atom. The van der Waals surface area contributed by atoms with E-state index in [2.05, 4.69) is 13.8 Å². The molecule has 0 aromatic rings. The molecule has 1 nitrogen and oxygen atoms in total. The minimum absolute atomic E-state index is 0.366. The fraction of sp³-hybridized carbons (Fsp3) is 1.00. The Morgan fingerprint density at radius 1 is 0.923 bits per heavy atom. The van der Waals surface area contributed by atoms with Gasteiger partial charge in [0.05, 0.1) is 0 Å². The largest absolute Gasteiger partial charge is 0.396 e. The van der Waals surface area contributed by atoms with E-state index in [1.165, 1.54) is 44.9 Å². The van der Waals surface area contributed by atoms with Gasteiger partial charge in [-0.25, -0.2) is 0 Å². The van der Waals surface area contributed by atoms with Crippen molar-refractivity contribution in [2.75, 3.05) is 6.61 Å². The van der Waals surface area contributed by atoms with E-state index in [1.54, 1.807) is 0 Å². The zero-order chi connectivity index (χ0) is 9.94. The van der Waals surface area contributed by atoms with Crippen LogP contribution in [0.3, 0.4) is 0 Å². The van der Waals surface area contributed by atoms with Gasteiger partial charge in [0.1, 0.15) is 0 Å². The van der Waals surface area contributed by atoms with E-state index in [-0.39, 0.29) is 0 Å². The third-order valence-corrected chi connectivity index (χ3v) is 2.81. The monoisotopic (exact) mass is 186 g/mol. The molecule has 1 atom stereocenters. The number of unbranched alkanes of at least 4 members (excludes halogenated alkanes) is 3. The van der Waals surface area contributed by atoms with Crippen LogP contribution in [0.5, 0.6) is 0 Å². The molecule has 80 valence electrons. The van der Waals surface area contributed by atoms with Crippen molar-refractivity contribution in [3.63, 3.8) is 0 Å². The van der Waals surface area contributed by atoms with Crippen LogP contribution < -0.4 is 0 Å². The molecule has 1 unspecified atom stereocenters. The molecule has 0 spiro atoms. The predicted octanol–water partition coefficient (Wildman–Crippen LogP) is 3.76. The molecule has 0 aliphatic heterocycles. The molecule has 0 radical (unpaired) electrons. The number of aliphatic hydroxyl groups is 1. The molecule has 1 heteroatoms. The minimum Gasteiger partial charge on any atom is -0.396 e. The van der Waals surface area contributed by atoms with Crippen molar-refractivity contribution >= 4 is 0 Å². The van der Waals surface area contributed by atoms with Gasteiger partial charge in [0.15, 0.2) is 0 Å². The Labute approximate surface area is 83.5 Å². The maximum Gasteiger partial charge on any atom is 0.0431 e. The lowest BCUT2D eigenvalue weighted by atomic mass is 9.93. The van der Waals surface area contributed by atoms with Gasteiger partial charge >= 0.3 is 0 Å². The van der Waals surface area contributed by atoms with Crippen LogP contribution in [0.4, 0.5) is 0 Å². The molecule has 1 N–H and O–H groups in total. The SMILES string of the molecule is CCCCCC(CC)CCCCO. The van der Waals surface area contributed by atoms with Gasteiger partial charge in [-0.3, -0.25) is 0 Å². The van der Waals surface area contributed by atoms with Gasteiger partial charge in [-0.05, 0) is 12.3 Å². The Bertz CT molecular complexity index is 81.1. The Morgan fingerprint density at radius 3 is 2.00 bits per heavy atom. The fourth-order valence-electron chi connectivity index (χ4n) is 1.78. The lowest BCUT2D eigenvalue weighted by Gasteiger charge is -2.13. The summed E-state index contributed by atoms with van der Waals surface area (Å²) >= 11 is 0. The highest BCUT2D eigenvalue weighted by Crippen LogP contribution is 2.19. The van der Waals surface area contributed by atoms with Crippen molar-refractivity contribution in [3.05, 3.63) is 0 Å². The van der Waals surface area contributed by atoms with E-state index in [4.69, 9.17) is 5.11 Å². The molecule has 0 saturated heterocycles. The quantitative estimate of drug-likeness (QED) is 0.544. The van der Waals surface area contributed by atoms with Gasteiger partial charge in [-0.15, -0.1) is 0 Å². The molecule has 0 aliphatic carbocycles. The van der Waals surface area contributed by atoms with Crippen LogP contribution in [0.2, 0.25) is 0 Å². The molecule has 0 saturated carbocycles. The molecule has 0 amide bonds. The first-order valence-corrected chi connectivity index (χ1v) is 5.96. The Hall–Kier alpha value is -0.0400. The number of hydrogen-bond acceptors (Lipinski definition) is 1. The normalized spacial score (nSPS) is 13.2. The van der Waals surface area contributed by atoms with Crippen molar-refractivity contribution in [1.82, 2.24) is 0 Å². The van der Waals surface area contributed by atoms with E-state index < -0.39 is 0 Å². The second-order valence-corrected chi connectivity index (χ2v) is 3.99. The van der Waals surface area contributed by atoms with Crippen LogP contribution in [-0.2, 0) is 0 Å². The first-order chi connectivity index (χ1) is 6.35. The molecule has 0 aromatic carbocycles. The zero-order valence-corrected chi connectivity index (χ0v) is 9.39. The van der Waals surface area contributed by atoms with Gasteiger partial charge in [0.25, 0.3) is 0 Å². The first kappa shape index (κ1) is 13.0.